The van der Waals surface area contributed by atoms with E-state index in [1.54, 1.807) is 11.1 Å². The van der Waals surface area contributed by atoms with E-state index in [-0.39, 0.29) is 47.5 Å². The van der Waals surface area contributed by atoms with Crippen molar-refractivity contribution in [3.8, 4) is 28.3 Å². The standard InChI is InChI=1S/C49H63FN8O7/c1-10-29(7)43(37-14-12-20-57(37)46(59)41(27(3)4)54-48(61)63-8)52-34(11-2)31-16-18-32-39(25-31)65-23-22-56-36-19-17-30(24-33(36)40(50)44(32)56)35-26-51-45(53-35)38-15-13-21-58(38)47(60)42(28(5)6)55-49(62)64-9/h11,16-19,24-29,37-38,41-42H,10,12-15,20-23H2,1-9H3,(H,51,53)(H,54,61)(H,55,62). The molecule has 7 rings (SSSR count). The third-order valence-corrected chi connectivity index (χ3v) is 13.2. The van der Waals surface area contributed by atoms with Crippen LogP contribution in [0.1, 0.15) is 98.0 Å². The largest absolute Gasteiger partial charge is 0.491 e. The lowest BCUT2D eigenvalue weighted by Crippen LogP contribution is -2.54. The molecular formula is C49H63FN8O7. The van der Waals surface area contributed by atoms with Crippen LogP contribution in [0.25, 0.3) is 39.1 Å². The maximum atomic E-state index is 16.9. The molecule has 0 saturated carbocycles. The molecule has 0 aliphatic carbocycles. The fraction of sp³-hybridized carbons (Fsp3) is 0.510. The highest BCUT2D eigenvalue weighted by Gasteiger charge is 2.40. The Morgan fingerprint density at radius 3 is 2.23 bits per heavy atom. The summed E-state index contributed by atoms with van der Waals surface area (Å²) >= 11 is 0. The average Bonchev–Trinajstić information content (AvgIpc) is 4.12. The number of hydrogen-bond donors (Lipinski definition) is 3. The number of H-pyrrole nitrogens is 1. The van der Waals surface area contributed by atoms with Crippen molar-refractivity contribution in [3.63, 3.8) is 0 Å². The minimum absolute atomic E-state index is 0.0652. The van der Waals surface area contributed by atoms with Gasteiger partial charge in [0.25, 0.3) is 0 Å². The molecule has 0 radical (unpaired) electrons. The number of carbonyl (C=O) groups is 4. The van der Waals surface area contributed by atoms with E-state index in [0.717, 1.165) is 53.7 Å². The van der Waals surface area contributed by atoms with Gasteiger partial charge < -0.3 is 44.2 Å². The Morgan fingerprint density at radius 2 is 1.58 bits per heavy atom. The SMILES string of the molecule is CC=C(N=C(C(C)CC)C1CCCN1C(=O)C(NC(=O)OC)C(C)C)c1ccc2c(c1)OCCn1c-2c(F)c2cc(-c3cnc(C4CCCN4C(=O)C(NC(=O)OC)C(C)C)[nH]3)ccc21. The second-order valence-corrected chi connectivity index (χ2v) is 17.9. The van der Waals surface area contributed by atoms with Gasteiger partial charge >= 0.3 is 12.2 Å². The van der Waals surface area contributed by atoms with Gasteiger partial charge in [-0.3, -0.25) is 14.6 Å². The summed E-state index contributed by atoms with van der Waals surface area (Å²) < 4.78 is 34.8. The second-order valence-electron chi connectivity index (χ2n) is 17.9. The summed E-state index contributed by atoms with van der Waals surface area (Å²) in [6.45, 7) is 15.6. The molecule has 5 atom stereocenters. The number of rotatable bonds is 13. The van der Waals surface area contributed by atoms with Gasteiger partial charge in [-0.05, 0) is 81.0 Å². The number of amides is 4. The molecule has 0 bridgehead atoms. The molecule has 5 heterocycles. The van der Waals surface area contributed by atoms with Crippen LogP contribution >= 0.6 is 0 Å². The Hall–Kier alpha value is -6.19. The van der Waals surface area contributed by atoms with E-state index in [9.17, 15) is 19.2 Å². The van der Waals surface area contributed by atoms with Gasteiger partial charge in [0.2, 0.25) is 11.8 Å². The Kier molecular flexibility index (Phi) is 14.3. The summed E-state index contributed by atoms with van der Waals surface area (Å²) in [4.78, 5) is 69.0. The molecule has 2 saturated heterocycles. The van der Waals surface area contributed by atoms with Crippen molar-refractivity contribution in [3.05, 3.63) is 65.9 Å². The number of halogens is 1. The van der Waals surface area contributed by atoms with Crippen LogP contribution in [0, 0.1) is 23.6 Å². The topological polar surface area (TPSA) is 172 Å². The molecule has 4 aromatic rings. The monoisotopic (exact) mass is 894 g/mol. The average molecular weight is 895 g/mol. The van der Waals surface area contributed by atoms with Gasteiger partial charge in [-0.25, -0.2) is 19.0 Å². The van der Waals surface area contributed by atoms with E-state index in [2.05, 4.69) is 29.5 Å². The third kappa shape index (κ3) is 9.35. The van der Waals surface area contributed by atoms with E-state index in [1.807, 2.05) is 86.6 Å². The summed E-state index contributed by atoms with van der Waals surface area (Å²) in [5, 5.41) is 5.89. The van der Waals surface area contributed by atoms with E-state index in [1.165, 1.54) is 14.2 Å². The number of hydrogen-bond acceptors (Lipinski definition) is 9. The van der Waals surface area contributed by atoms with E-state index in [4.69, 9.17) is 24.2 Å². The van der Waals surface area contributed by atoms with Gasteiger partial charge in [0.15, 0.2) is 5.82 Å². The molecular weight excluding hydrogens is 832 g/mol. The molecule has 2 aromatic carbocycles. The molecule has 2 fully saturated rings. The van der Waals surface area contributed by atoms with Crippen LogP contribution in [0.3, 0.4) is 0 Å². The van der Waals surface area contributed by atoms with E-state index < -0.39 is 24.3 Å². The highest BCUT2D eigenvalue weighted by Crippen LogP contribution is 2.42. The Labute approximate surface area is 380 Å². The molecule has 16 heteroatoms. The van der Waals surface area contributed by atoms with Crippen LogP contribution in [-0.4, -0.2) is 106 Å². The lowest BCUT2D eigenvalue weighted by molar-refractivity contribution is -0.135. The first-order valence-electron chi connectivity index (χ1n) is 22.9. The van der Waals surface area contributed by atoms with Crippen LogP contribution in [0.5, 0.6) is 5.75 Å². The highest BCUT2D eigenvalue weighted by molar-refractivity contribution is 6.00. The number of nitrogens with one attached hydrogen (secondary N) is 3. The number of aromatic amines is 1. The molecule has 15 nitrogen and oxygen atoms in total. The molecule has 0 spiro atoms. The number of nitrogens with zero attached hydrogens (tertiary/aromatic N) is 5. The number of likely N-dealkylation sites (tertiary alicyclic amines) is 2. The molecule has 65 heavy (non-hydrogen) atoms. The number of alkyl carbamates (subject to hydrolysis) is 2. The van der Waals surface area contributed by atoms with Crippen molar-refractivity contribution in [1.82, 2.24) is 35.0 Å². The quantitative estimate of drug-likeness (QED) is 0.112. The number of fused-ring (bicyclic) bond motifs is 5. The molecule has 3 aliphatic heterocycles. The predicted octanol–water partition coefficient (Wildman–Crippen LogP) is 8.49. The number of aliphatic imine (C=N–C) groups is 1. The fourth-order valence-corrected chi connectivity index (χ4v) is 9.44. The number of aromatic nitrogens is 3. The third-order valence-electron chi connectivity index (χ3n) is 13.2. The zero-order valence-electron chi connectivity index (χ0n) is 39.0. The molecule has 4 amide bonds. The van der Waals surface area contributed by atoms with Crippen LogP contribution in [0.4, 0.5) is 14.0 Å². The fourth-order valence-electron chi connectivity index (χ4n) is 9.44. The summed E-state index contributed by atoms with van der Waals surface area (Å²) in [5.74, 6) is 0.234. The lowest BCUT2D eigenvalue weighted by atomic mass is 9.93. The molecule has 348 valence electrons. The van der Waals surface area contributed by atoms with Crippen molar-refractivity contribution in [2.24, 2.45) is 22.7 Å². The first kappa shape index (κ1) is 46.8. The van der Waals surface area contributed by atoms with Gasteiger partial charge in [0.05, 0.1) is 61.6 Å². The summed E-state index contributed by atoms with van der Waals surface area (Å²) in [6.07, 6.45) is 6.26. The van der Waals surface area contributed by atoms with Crippen LogP contribution in [-0.2, 0) is 25.6 Å². The second kappa shape index (κ2) is 19.9. The summed E-state index contributed by atoms with van der Waals surface area (Å²) in [6, 6.07) is 9.43. The highest BCUT2D eigenvalue weighted by atomic mass is 19.1. The Balaban J connectivity index is 1.16. The van der Waals surface area contributed by atoms with Gasteiger partial charge in [0.1, 0.15) is 30.3 Å². The molecule has 5 unspecified atom stereocenters. The van der Waals surface area contributed by atoms with Crippen LogP contribution in [0.2, 0.25) is 0 Å². The van der Waals surface area contributed by atoms with Gasteiger partial charge in [-0.1, -0.05) is 59.8 Å². The lowest BCUT2D eigenvalue weighted by Gasteiger charge is -2.33. The first-order valence-corrected chi connectivity index (χ1v) is 22.9. The summed E-state index contributed by atoms with van der Waals surface area (Å²) in [5.41, 5.74) is 5.67. The Bertz CT molecular complexity index is 2490. The van der Waals surface area contributed by atoms with Crippen molar-refractivity contribution < 1.29 is 37.8 Å². The number of imidazole rings is 1. The van der Waals surface area contributed by atoms with Gasteiger partial charge in [-0.2, -0.15) is 0 Å². The van der Waals surface area contributed by atoms with Gasteiger partial charge in [0, 0.05) is 40.9 Å². The van der Waals surface area contributed by atoms with Crippen molar-refractivity contribution >= 4 is 46.3 Å². The zero-order valence-corrected chi connectivity index (χ0v) is 39.0. The first-order chi connectivity index (χ1) is 31.2. The van der Waals surface area contributed by atoms with Crippen LogP contribution < -0.4 is 15.4 Å². The van der Waals surface area contributed by atoms with Crippen molar-refractivity contribution in [2.75, 3.05) is 33.9 Å². The number of ether oxygens (including phenoxy) is 3. The predicted molar refractivity (Wildman–Crippen MR) is 248 cm³/mol. The Morgan fingerprint density at radius 1 is 0.923 bits per heavy atom. The smallest absolute Gasteiger partial charge is 0.407 e. The maximum Gasteiger partial charge on any atom is 0.407 e. The van der Waals surface area contributed by atoms with E-state index >= 15 is 4.39 Å². The zero-order chi connectivity index (χ0) is 46.7. The van der Waals surface area contributed by atoms with E-state index in [0.29, 0.717) is 66.6 Å². The number of allylic oxidation sites excluding steroid dienone is 1. The summed E-state index contributed by atoms with van der Waals surface area (Å²) in [7, 11) is 2.56. The minimum Gasteiger partial charge on any atom is -0.491 e. The normalized spacial score (nSPS) is 19.1. The maximum absolute atomic E-state index is 16.9. The van der Waals surface area contributed by atoms with Crippen LogP contribution in [0.15, 0.2) is 53.7 Å². The minimum atomic E-state index is -0.745. The number of methoxy groups -OCH3 is 2. The van der Waals surface area contributed by atoms with Gasteiger partial charge in [-0.15, -0.1) is 0 Å². The number of benzene rings is 2. The molecule has 3 N–H and O–H groups in total. The number of carbonyl (C=O) groups excluding carboxylic acids is 4. The molecule has 2 aromatic heterocycles. The van der Waals surface area contributed by atoms with Crippen molar-refractivity contribution in [2.45, 2.75) is 111 Å². The van der Waals surface area contributed by atoms with Crippen molar-refractivity contribution in [1.29, 1.82) is 0 Å². The molecule has 3 aliphatic rings.